The van der Waals surface area contributed by atoms with Gasteiger partial charge in [0.1, 0.15) is 0 Å². The standard InChI is InChI=1S/C3H7N3O2S/c4-3(6-5)9-1-2(7)8/h1,5H2,(H2,4,6)(H,7,8). The first-order valence-corrected chi connectivity index (χ1v) is 3.03. The Morgan fingerprint density at radius 1 is 1.78 bits per heavy atom. The van der Waals surface area contributed by atoms with Crippen molar-refractivity contribution >= 4 is 22.9 Å². The molecule has 0 saturated heterocycles. The number of hydrazone groups is 1. The van der Waals surface area contributed by atoms with Gasteiger partial charge in [0, 0.05) is 0 Å². The van der Waals surface area contributed by atoms with E-state index in [0.717, 1.165) is 11.8 Å². The van der Waals surface area contributed by atoms with Crippen LogP contribution in [0.5, 0.6) is 0 Å². The van der Waals surface area contributed by atoms with Crippen LogP contribution in [0, 0.1) is 0 Å². The molecule has 0 aliphatic carbocycles. The number of rotatable bonds is 2. The summed E-state index contributed by atoms with van der Waals surface area (Å²) in [6.07, 6.45) is 0. The van der Waals surface area contributed by atoms with Crippen molar-refractivity contribution in [1.82, 2.24) is 0 Å². The number of nitrogens with zero attached hydrogens (tertiary/aromatic N) is 1. The Balaban J connectivity index is 3.39. The second-order valence-electron chi connectivity index (χ2n) is 1.15. The molecular formula is C3H7N3O2S. The minimum absolute atomic E-state index is 0.0809. The second kappa shape index (κ2) is 4.02. The monoisotopic (exact) mass is 149 g/mol. The summed E-state index contributed by atoms with van der Waals surface area (Å²) in [5, 5.41) is 11.2. The van der Waals surface area contributed by atoms with E-state index in [2.05, 4.69) is 5.10 Å². The fourth-order valence-corrected chi connectivity index (χ4v) is 0.519. The molecule has 0 amide bonds. The van der Waals surface area contributed by atoms with Crippen LogP contribution in [0.4, 0.5) is 0 Å². The molecule has 5 N–H and O–H groups in total. The number of carboxylic acids is 1. The smallest absolute Gasteiger partial charge is 0.313 e. The third kappa shape index (κ3) is 4.95. The largest absolute Gasteiger partial charge is 0.481 e. The van der Waals surface area contributed by atoms with E-state index in [1.54, 1.807) is 0 Å². The highest BCUT2D eigenvalue weighted by Gasteiger charge is 1.98. The van der Waals surface area contributed by atoms with Crippen LogP contribution >= 0.6 is 11.8 Å². The fourth-order valence-electron chi connectivity index (χ4n) is 0.173. The Bertz CT molecular complexity index is 135. The molecule has 5 nitrogen and oxygen atoms in total. The van der Waals surface area contributed by atoms with Gasteiger partial charge in [-0.25, -0.2) is 0 Å². The maximum absolute atomic E-state index is 9.85. The quantitative estimate of drug-likeness (QED) is 0.202. The molecule has 0 unspecified atom stereocenters. The van der Waals surface area contributed by atoms with E-state index in [4.69, 9.17) is 16.7 Å². The van der Waals surface area contributed by atoms with Gasteiger partial charge in [-0.3, -0.25) is 4.79 Å². The molecule has 0 fully saturated rings. The number of thioether (sulfide) groups is 1. The molecule has 9 heavy (non-hydrogen) atoms. The molecule has 0 bridgehead atoms. The Kier molecular flexibility index (Phi) is 3.61. The van der Waals surface area contributed by atoms with E-state index in [0.29, 0.717) is 0 Å². The van der Waals surface area contributed by atoms with Crippen LogP contribution in [0.25, 0.3) is 0 Å². The summed E-state index contributed by atoms with van der Waals surface area (Å²) in [5.41, 5.74) is 5.05. The Morgan fingerprint density at radius 2 is 2.33 bits per heavy atom. The molecule has 0 spiro atoms. The zero-order valence-corrected chi connectivity index (χ0v) is 5.39. The van der Waals surface area contributed by atoms with Gasteiger partial charge in [-0.2, -0.15) is 5.10 Å². The van der Waals surface area contributed by atoms with Gasteiger partial charge in [0.25, 0.3) is 0 Å². The Hall–Kier alpha value is -0.910. The van der Waals surface area contributed by atoms with E-state index in [9.17, 15) is 4.79 Å². The van der Waals surface area contributed by atoms with Crippen molar-refractivity contribution in [2.24, 2.45) is 16.7 Å². The predicted molar refractivity (Wildman–Crippen MR) is 35.9 cm³/mol. The molecule has 0 aromatic heterocycles. The summed E-state index contributed by atoms with van der Waals surface area (Å²) >= 11 is 0.888. The lowest BCUT2D eigenvalue weighted by Crippen LogP contribution is -2.12. The van der Waals surface area contributed by atoms with Crippen molar-refractivity contribution in [2.75, 3.05) is 5.75 Å². The fraction of sp³-hybridized carbons (Fsp3) is 0.333. The summed E-state index contributed by atoms with van der Waals surface area (Å²) in [5.74, 6) is 3.66. The van der Waals surface area contributed by atoms with Crippen LogP contribution in [0.3, 0.4) is 0 Å². The molecule has 0 rings (SSSR count). The van der Waals surface area contributed by atoms with E-state index >= 15 is 0 Å². The van der Waals surface area contributed by atoms with Crippen molar-refractivity contribution in [3.05, 3.63) is 0 Å². The minimum atomic E-state index is -0.938. The Morgan fingerprint density at radius 3 is 2.67 bits per heavy atom. The van der Waals surface area contributed by atoms with E-state index in [1.165, 1.54) is 0 Å². The highest BCUT2D eigenvalue weighted by Crippen LogP contribution is 1.96. The third-order valence-corrected chi connectivity index (χ3v) is 1.26. The van der Waals surface area contributed by atoms with Gasteiger partial charge in [-0.15, -0.1) is 0 Å². The van der Waals surface area contributed by atoms with E-state index < -0.39 is 5.97 Å². The van der Waals surface area contributed by atoms with Crippen LogP contribution < -0.4 is 11.6 Å². The number of aliphatic carboxylic acids is 1. The molecular weight excluding hydrogens is 142 g/mol. The van der Waals surface area contributed by atoms with E-state index in [1.807, 2.05) is 0 Å². The summed E-state index contributed by atoms with van der Waals surface area (Å²) < 4.78 is 0. The number of carbonyl (C=O) groups is 1. The van der Waals surface area contributed by atoms with Gasteiger partial charge in [-0.05, 0) is 0 Å². The first-order chi connectivity index (χ1) is 4.16. The van der Waals surface area contributed by atoms with Crippen molar-refractivity contribution in [3.8, 4) is 0 Å². The third-order valence-electron chi connectivity index (χ3n) is 0.471. The SMILES string of the molecule is N/N=C(/N)SCC(=O)O. The van der Waals surface area contributed by atoms with Crippen LogP contribution in [0.1, 0.15) is 0 Å². The zero-order chi connectivity index (χ0) is 7.28. The number of amidine groups is 1. The lowest BCUT2D eigenvalue weighted by molar-refractivity contribution is -0.133. The molecule has 0 atom stereocenters. The molecule has 0 heterocycles. The average molecular weight is 149 g/mol. The van der Waals surface area contributed by atoms with Gasteiger partial charge in [0.15, 0.2) is 5.17 Å². The second-order valence-corrected chi connectivity index (χ2v) is 2.15. The molecule has 0 radical (unpaired) electrons. The van der Waals surface area contributed by atoms with Crippen LogP contribution in [-0.2, 0) is 4.79 Å². The zero-order valence-electron chi connectivity index (χ0n) is 4.57. The van der Waals surface area contributed by atoms with Gasteiger partial charge in [0.2, 0.25) is 0 Å². The first-order valence-electron chi connectivity index (χ1n) is 2.04. The molecule has 0 saturated carbocycles. The summed E-state index contributed by atoms with van der Waals surface area (Å²) in [6.45, 7) is 0. The normalized spacial score (nSPS) is 11.3. The number of carboxylic acid groups (broad SMARTS) is 1. The topological polar surface area (TPSA) is 102 Å². The van der Waals surface area contributed by atoms with Crippen LogP contribution in [-0.4, -0.2) is 22.0 Å². The van der Waals surface area contributed by atoms with E-state index in [-0.39, 0.29) is 10.9 Å². The molecule has 0 aliphatic rings. The average Bonchev–Trinajstić information content (AvgIpc) is 1.83. The van der Waals surface area contributed by atoms with Gasteiger partial charge >= 0.3 is 5.97 Å². The van der Waals surface area contributed by atoms with Crippen LogP contribution in [0.15, 0.2) is 5.10 Å². The van der Waals surface area contributed by atoms with Crippen molar-refractivity contribution < 1.29 is 9.90 Å². The molecule has 0 aliphatic heterocycles. The molecule has 0 aromatic rings. The highest BCUT2D eigenvalue weighted by molar-refractivity contribution is 8.14. The first kappa shape index (κ1) is 8.09. The Labute approximate surface area is 56.1 Å². The minimum Gasteiger partial charge on any atom is -0.481 e. The number of hydrogen-bond donors (Lipinski definition) is 3. The molecule has 52 valence electrons. The highest BCUT2D eigenvalue weighted by atomic mass is 32.2. The summed E-state index contributed by atoms with van der Waals surface area (Å²) in [4.78, 5) is 9.85. The molecule has 6 heteroatoms. The van der Waals surface area contributed by atoms with Gasteiger partial charge < -0.3 is 16.7 Å². The van der Waals surface area contributed by atoms with Gasteiger partial charge in [0.05, 0.1) is 5.75 Å². The lowest BCUT2D eigenvalue weighted by Gasteiger charge is -1.91. The van der Waals surface area contributed by atoms with Crippen molar-refractivity contribution in [2.45, 2.75) is 0 Å². The van der Waals surface area contributed by atoms with Crippen molar-refractivity contribution in [1.29, 1.82) is 0 Å². The lowest BCUT2D eigenvalue weighted by atomic mass is 10.8. The van der Waals surface area contributed by atoms with Crippen molar-refractivity contribution in [3.63, 3.8) is 0 Å². The summed E-state index contributed by atoms with van der Waals surface area (Å²) in [6, 6.07) is 0. The maximum Gasteiger partial charge on any atom is 0.313 e. The predicted octanol–water partition coefficient (Wildman–Crippen LogP) is -1.01. The number of hydrogen-bond acceptors (Lipinski definition) is 4. The van der Waals surface area contributed by atoms with Crippen LogP contribution in [0.2, 0.25) is 0 Å². The van der Waals surface area contributed by atoms with Gasteiger partial charge in [-0.1, -0.05) is 11.8 Å². The molecule has 0 aromatic carbocycles. The number of nitrogens with two attached hydrogens (primary N) is 2. The summed E-state index contributed by atoms with van der Waals surface area (Å²) in [7, 11) is 0. The maximum atomic E-state index is 9.85.